The molecular formula is C17H16N2O2S. The van der Waals surface area contributed by atoms with Crippen LogP contribution >= 0.6 is 11.8 Å². The normalized spacial score (nSPS) is 16.8. The summed E-state index contributed by atoms with van der Waals surface area (Å²) in [6, 6.07) is 11.3. The summed E-state index contributed by atoms with van der Waals surface area (Å²) >= 11 is 0.988. The minimum absolute atomic E-state index is 0.244. The van der Waals surface area contributed by atoms with E-state index in [1.165, 1.54) is 4.90 Å². The molecule has 2 aromatic rings. The third kappa shape index (κ3) is 2.48. The Labute approximate surface area is 133 Å². The first-order valence-electron chi connectivity index (χ1n) is 7.09. The van der Waals surface area contributed by atoms with E-state index in [4.69, 9.17) is 0 Å². The van der Waals surface area contributed by atoms with Gasteiger partial charge in [0.05, 0.1) is 10.6 Å². The maximum atomic E-state index is 12.6. The number of amides is 2. The van der Waals surface area contributed by atoms with E-state index in [0.717, 1.165) is 29.4 Å². The van der Waals surface area contributed by atoms with Crippen LogP contribution in [0, 0.1) is 0 Å². The van der Waals surface area contributed by atoms with Gasteiger partial charge in [0.2, 0.25) is 0 Å². The van der Waals surface area contributed by atoms with E-state index >= 15 is 0 Å². The smallest absolute Gasteiger partial charge is 0.298 e. The van der Waals surface area contributed by atoms with Crippen LogP contribution in [0.2, 0.25) is 0 Å². The Hall–Kier alpha value is -2.27. The highest BCUT2D eigenvalue weighted by Crippen LogP contribution is 2.37. The predicted octanol–water partition coefficient (Wildman–Crippen LogP) is 3.83. The minimum Gasteiger partial charge on any atom is -0.351 e. The van der Waals surface area contributed by atoms with Gasteiger partial charge in [0.25, 0.3) is 11.1 Å². The van der Waals surface area contributed by atoms with Crippen LogP contribution in [0.5, 0.6) is 0 Å². The lowest BCUT2D eigenvalue weighted by Gasteiger charge is -2.16. The molecule has 3 rings (SSSR count). The van der Waals surface area contributed by atoms with Gasteiger partial charge in [-0.15, -0.1) is 0 Å². The molecule has 0 saturated carbocycles. The Balaban J connectivity index is 1.99. The van der Waals surface area contributed by atoms with E-state index in [0.29, 0.717) is 10.6 Å². The summed E-state index contributed by atoms with van der Waals surface area (Å²) in [7, 11) is 1.91. The Bertz CT molecular complexity index is 776. The molecule has 1 fully saturated rings. The Morgan fingerprint density at radius 1 is 1.14 bits per heavy atom. The highest BCUT2D eigenvalue weighted by Gasteiger charge is 2.37. The van der Waals surface area contributed by atoms with Crippen LogP contribution in [-0.2, 0) is 18.3 Å². The van der Waals surface area contributed by atoms with Crippen molar-refractivity contribution in [1.82, 2.24) is 4.57 Å². The van der Waals surface area contributed by atoms with Crippen molar-refractivity contribution >= 4 is 34.7 Å². The zero-order chi connectivity index (χ0) is 15.7. The van der Waals surface area contributed by atoms with Crippen LogP contribution in [0.15, 0.2) is 47.5 Å². The van der Waals surface area contributed by atoms with Crippen LogP contribution in [0.25, 0.3) is 6.08 Å². The van der Waals surface area contributed by atoms with Crippen molar-refractivity contribution in [2.75, 3.05) is 4.90 Å². The number of anilines is 1. The second-order valence-electron chi connectivity index (χ2n) is 5.04. The van der Waals surface area contributed by atoms with Gasteiger partial charge in [-0.1, -0.05) is 25.1 Å². The molecule has 0 bridgehead atoms. The first-order valence-corrected chi connectivity index (χ1v) is 7.90. The minimum atomic E-state index is -0.253. The fraction of sp³-hybridized carbons (Fsp3) is 0.176. The topological polar surface area (TPSA) is 42.3 Å². The van der Waals surface area contributed by atoms with Gasteiger partial charge in [-0.3, -0.25) is 9.59 Å². The van der Waals surface area contributed by atoms with Crippen LogP contribution in [0.3, 0.4) is 0 Å². The molecule has 1 aromatic heterocycles. The Kier molecular flexibility index (Phi) is 3.90. The quantitative estimate of drug-likeness (QED) is 0.809. The van der Waals surface area contributed by atoms with Gasteiger partial charge in [0.1, 0.15) is 0 Å². The largest absolute Gasteiger partial charge is 0.351 e. The van der Waals surface area contributed by atoms with Gasteiger partial charge in [-0.2, -0.15) is 0 Å². The van der Waals surface area contributed by atoms with Crippen molar-refractivity contribution in [2.45, 2.75) is 13.3 Å². The summed E-state index contributed by atoms with van der Waals surface area (Å²) in [6.07, 6.45) is 4.44. The van der Waals surface area contributed by atoms with Gasteiger partial charge in [-0.05, 0) is 48.0 Å². The zero-order valence-corrected chi connectivity index (χ0v) is 13.3. The van der Waals surface area contributed by atoms with Crippen LogP contribution in [0.4, 0.5) is 10.5 Å². The molecule has 0 radical (unpaired) electrons. The number of thioether (sulfide) groups is 1. The van der Waals surface area contributed by atoms with Gasteiger partial charge >= 0.3 is 0 Å². The molecule has 0 spiro atoms. The molecule has 112 valence electrons. The number of carbonyl (C=O) groups excluding carboxylic acids is 2. The van der Waals surface area contributed by atoms with Crippen molar-refractivity contribution in [3.05, 3.63) is 58.8 Å². The predicted molar refractivity (Wildman–Crippen MR) is 89.7 cm³/mol. The standard InChI is InChI=1S/C17H16N2O2S/c1-3-12-7-4-5-9-14(12)19-16(20)15(22-17(19)21)11-13-8-6-10-18(13)2/h4-11H,3H2,1-2H3/b15-11+. The molecule has 2 amide bonds. The second kappa shape index (κ2) is 5.85. The fourth-order valence-electron chi connectivity index (χ4n) is 2.46. The fourth-order valence-corrected chi connectivity index (χ4v) is 3.28. The van der Waals surface area contributed by atoms with Gasteiger partial charge in [-0.25, -0.2) is 4.90 Å². The second-order valence-corrected chi connectivity index (χ2v) is 6.04. The number of aryl methyl sites for hydroxylation is 2. The number of aromatic nitrogens is 1. The number of benzene rings is 1. The summed E-state index contributed by atoms with van der Waals surface area (Å²) in [5, 5.41) is -0.244. The maximum absolute atomic E-state index is 12.6. The number of imide groups is 1. The molecule has 1 aromatic carbocycles. The van der Waals surface area contributed by atoms with Crippen molar-refractivity contribution in [1.29, 1.82) is 0 Å². The Morgan fingerprint density at radius 3 is 2.59 bits per heavy atom. The highest BCUT2D eigenvalue weighted by molar-refractivity contribution is 8.19. The highest BCUT2D eigenvalue weighted by atomic mass is 32.2. The van der Waals surface area contributed by atoms with Crippen molar-refractivity contribution < 1.29 is 9.59 Å². The molecule has 5 heteroatoms. The average Bonchev–Trinajstić information content (AvgIpc) is 3.04. The van der Waals surface area contributed by atoms with Crippen LogP contribution in [0.1, 0.15) is 18.2 Å². The van der Waals surface area contributed by atoms with E-state index in [-0.39, 0.29) is 11.1 Å². The van der Waals surface area contributed by atoms with Crippen molar-refractivity contribution in [3.63, 3.8) is 0 Å². The molecule has 4 nitrogen and oxygen atoms in total. The molecule has 0 atom stereocenters. The molecule has 1 saturated heterocycles. The van der Waals surface area contributed by atoms with E-state index in [1.807, 2.05) is 61.1 Å². The molecule has 0 N–H and O–H groups in total. The third-order valence-electron chi connectivity index (χ3n) is 3.67. The number of hydrogen-bond donors (Lipinski definition) is 0. The molecule has 1 aliphatic heterocycles. The summed E-state index contributed by atoms with van der Waals surface area (Å²) in [5.74, 6) is -0.253. The summed E-state index contributed by atoms with van der Waals surface area (Å²) < 4.78 is 1.91. The van der Waals surface area contributed by atoms with E-state index < -0.39 is 0 Å². The maximum Gasteiger partial charge on any atom is 0.298 e. The van der Waals surface area contributed by atoms with Crippen LogP contribution < -0.4 is 4.90 Å². The SMILES string of the molecule is CCc1ccccc1N1C(=O)S/C(=C/c2cccn2C)C1=O. The van der Waals surface area contributed by atoms with Gasteiger partial charge < -0.3 is 4.57 Å². The van der Waals surface area contributed by atoms with Gasteiger partial charge in [0, 0.05) is 18.9 Å². The van der Waals surface area contributed by atoms with Crippen LogP contribution in [-0.4, -0.2) is 15.7 Å². The van der Waals surface area contributed by atoms with E-state index in [1.54, 1.807) is 6.08 Å². The molecule has 0 aliphatic carbocycles. The lowest BCUT2D eigenvalue weighted by molar-refractivity contribution is -0.113. The lowest BCUT2D eigenvalue weighted by Crippen LogP contribution is -2.28. The molecule has 2 heterocycles. The number of carbonyl (C=O) groups is 2. The average molecular weight is 312 g/mol. The van der Waals surface area contributed by atoms with Crippen molar-refractivity contribution in [2.24, 2.45) is 7.05 Å². The molecule has 0 unspecified atom stereocenters. The summed E-state index contributed by atoms with van der Waals surface area (Å²) in [4.78, 5) is 26.7. The monoisotopic (exact) mass is 312 g/mol. The van der Waals surface area contributed by atoms with E-state index in [2.05, 4.69) is 0 Å². The summed E-state index contributed by atoms with van der Waals surface area (Å²) in [5.41, 5.74) is 2.57. The van der Waals surface area contributed by atoms with Crippen molar-refractivity contribution in [3.8, 4) is 0 Å². The summed E-state index contributed by atoms with van der Waals surface area (Å²) in [6.45, 7) is 2.01. The van der Waals surface area contributed by atoms with E-state index in [9.17, 15) is 9.59 Å². The third-order valence-corrected chi connectivity index (χ3v) is 4.54. The lowest BCUT2D eigenvalue weighted by atomic mass is 10.1. The molecular weight excluding hydrogens is 296 g/mol. The molecule has 1 aliphatic rings. The first-order chi connectivity index (χ1) is 10.6. The Morgan fingerprint density at radius 2 is 1.91 bits per heavy atom. The number of nitrogens with zero attached hydrogens (tertiary/aromatic N) is 2. The first kappa shape index (κ1) is 14.7. The molecule has 22 heavy (non-hydrogen) atoms. The van der Waals surface area contributed by atoms with Gasteiger partial charge in [0.15, 0.2) is 0 Å². The number of para-hydroxylation sites is 1. The number of rotatable bonds is 3. The number of hydrogen-bond acceptors (Lipinski definition) is 3. The zero-order valence-electron chi connectivity index (χ0n) is 12.4.